The van der Waals surface area contributed by atoms with Crippen LogP contribution in [0.1, 0.15) is 33.3 Å². The summed E-state index contributed by atoms with van der Waals surface area (Å²) in [7, 11) is 0. The molecule has 0 unspecified atom stereocenters. The highest BCUT2D eigenvalue weighted by atomic mass is 32.1. The Bertz CT molecular complexity index is 724. The first-order valence-corrected chi connectivity index (χ1v) is 7.64. The molecule has 0 saturated carbocycles. The predicted octanol–water partition coefficient (Wildman–Crippen LogP) is 3.64. The number of rotatable bonds is 5. The van der Waals surface area contributed by atoms with Crippen LogP contribution in [-0.2, 0) is 17.6 Å². The maximum absolute atomic E-state index is 13.5. The van der Waals surface area contributed by atoms with Gasteiger partial charge >= 0.3 is 5.97 Å². The monoisotopic (exact) mass is 321 g/mol. The van der Waals surface area contributed by atoms with Gasteiger partial charge in [-0.25, -0.2) is 9.18 Å². The maximum Gasteiger partial charge on any atom is 0.339 e. The summed E-state index contributed by atoms with van der Waals surface area (Å²) in [6, 6.07) is 6.02. The Kier molecular flexibility index (Phi) is 4.92. The maximum atomic E-state index is 13.5. The number of carboxylic acids is 1. The first kappa shape index (κ1) is 16.2. The molecule has 2 N–H and O–H groups in total. The van der Waals surface area contributed by atoms with E-state index in [1.54, 1.807) is 12.1 Å². The Morgan fingerprint density at radius 2 is 2.00 bits per heavy atom. The minimum atomic E-state index is -1.07. The highest BCUT2D eigenvalue weighted by molar-refractivity contribution is 7.16. The van der Waals surface area contributed by atoms with Crippen molar-refractivity contribution in [3.05, 3.63) is 51.7 Å². The molecular formula is C16H16FNO3S. The summed E-state index contributed by atoms with van der Waals surface area (Å²) in [5.41, 5.74) is 1.13. The standard InChI is InChI=1S/C16H16FNO3S/c1-3-11-9(2)22-15(14(11)16(20)21)18-13(19)8-10-6-4-5-7-12(10)17/h4-7H,3,8H2,1-2H3,(H,18,19)(H,20,21). The van der Waals surface area contributed by atoms with Crippen LogP contribution in [0.4, 0.5) is 9.39 Å². The van der Waals surface area contributed by atoms with Crippen molar-refractivity contribution in [2.45, 2.75) is 26.7 Å². The van der Waals surface area contributed by atoms with Gasteiger partial charge in [-0.15, -0.1) is 11.3 Å². The van der Waals surface area contributed by atoms with E-state index in [4.69, 9.17) is 0 Å². The van der Waals surface area contributed by atoms with Gasteiger partial charge in [-0.2, -0.15) is 0 Å². The van der Waals surface area contributed by atoms with Crippen molar-refractivity contribution in [3.8, 4) is 0 Å². The Morgan fingerprint density at radius 3 is 2.59 bits per heavy atom. The van der Waals surface area contributed by atoms with E-state index in [0.717, 1.165) is 10.4 Å². The zero-order chi connectivity index (χ0) is 16.3. The van der Waals surface area contributed by atoms with E-state index in [0.29, 0.717) is 11.4 Å². The Morgan fingerprint density at radius 1 is 1.32 bits per heavy atom. The van der Waals surface area contributed by atoms with Crippen molar-refractivity contribution in [1.82, 2.24) is 0 Å². The van der Waals surface area contributed by atoms with E-state index < -0.39 is 17.7 Å². The van der Waals surface area contributed by atoms with Gasteiger partial charge in [0, 0.05) is 4.88 Å². The van der Waals surface area contributed by atoms with Crippen LogP contribution in [-0.4, -0.2) is 17.0 Å². The van der Waals surface area contributed by atoms with Crippen LogP contribution in [0.3, 0.4) is 0 Å². The highest BCUT2D eigenvalue weighted by Gasteiger charge is 2.22. The van der Waals surface area contributed by atoms with E-state index in [-0.39, 0.29) is 17.5 Å². The summed E-state index contributed by atoms with van der Waals surface area (Å²) in [4.78, 5) is 24.3. The lowest BCUT2D eigenvalue weighted by atomic mass is 10.1. The highest BCUT2D eigenvalue weighted by Crippen LogP contribution is 2.33. The van der Waals surface area contributed by atoms with Gasteiger partial charge < -0.3 is 10.4 Å². The number of carbonyl (C=O) groups excluding carboxylic acids is 1. The summed E-state index contributed by atoms with van der Waals surface area (Å²) >= 11 is 1.23. The number of aryl methyl sites for hydroxylation is 1. The number of hydrogen-bond acceptors (Lipinski definition) is 3. The van der Waals surface area contributed by atoms with Crippen LogP contribution in [0.15, 0.2) is 24.3 Å². The third-order valence-corrected chi connectivity index (χ3v) is 4.40. The number of thiophene rings is 1. The lowest BCUT2D eigenvalue weighted by Crippen LogP contribution is -2.16. The molecule has 22 heavy (non-hydrogen) atoms. The van der Waals surface area contributed by atoms with E-state index in [9.17, 15) is 19.1 Å². The van der Waals surface area contributed by atoms with Crippen LogP contribution in [0.2, 0.25) is 0 Å². The minimum Gasteiger partial charge on any atom is -0.478 e. The smallest absolute Gasteiger partial charge is 0.339 e. The Hall–Kier alpha value is -2.21. The second-order valence-electron chi connectivity index (χ2n) is 4.82. The van der Waals surface area contributed by atoms with Gasteiger partial charge in [0.15, 0.2) is 0 Å². The van der Waals surface area contributed by atoms with Crippen molar-refractivity contribution in [3.63, 3.8) is 0 Å². The number of anilines is 1. The van der Waals surface area contributed by atoms with Gasteiger partial charge in [-0.3, -0.25) is 4.79 Å². The third-order valence-electron chi connectivity index (χ3n) is 3.34. The van der Waals surface area contributed by atoms with Crippen molar-refractivity contribution in [2.75, 3.05) is 5.32 Å². The van der Waals surface area contributed by atoms with Gasteiger partial charge in [-0.1, -0.05) is 25.1 Å². The van der Waals surface area contributed by atoms with Crippen LogP contribution >= 0.6 is 11.3 Å². The molecule has 1 heterocycles. The molecule has 0 aliphatic heterocycles. The van der Waals surface area contributed by atoms with Crippen LogP contribution in [0.5, 0.6) is 0 Å². The summed E-state index contributed by atoms with van der Waals surface area (Å²) in [6.07, 6.45) is 0.442. The van der Waals surface area contributed by atoms with E-state index in [1.807, 2.05) is 13.8 Å². The SMILES string of the molecule is CCc1c(C)sc(NC(=O)Cc2ccccc2F)c1C(=O)O. The average Bonchev–Trinajstić information content (AvgIpc) is 2.76. The van der Waals surface area contributed by atoms with Crippen LogP contribution < -0.4 is 5.32 Å². The normalized spacial score (nSPS) is 10.5. The van der Waals surface area contributed by atoms with Crippen LogP contribution in [0.25, 0.3) is 0 Å². The fourth-order valence-corrected chi connectivity index (χ4v) is 3.46. The molecule has 6 heteroatoms. The summed E-state index contributed by atoms with van der Waals surface area (Å²) < 4.78 is 13.5. The molecule has 0 fully saturated rings. The molecule has 0 bridgehead atoms. The molecule has 2 aromatic rings. The molecule has 1 amide bonds. The molecule has 1 aromatic heterocycles. The first-order valence-electron chi connectivity index (χ1n) is 6.82. The van der Waals surface area contributed by atoms with Gasteiger partial charge in [-0.05, 0) is 30.5 Å². The molecule has 0 aliphatic carbocycles. The number of benzene rings is 1. The molecule has 0 aliphatic rings. The fourth-order valence-electron chi connectivity index (χ4n) is 2.30. The van der Waals surface area contributed by atoms with Crippen molar-refractivity contribution >= 4 is 28.2 Å². The zero-order valence-corrected chi connectivity index (χ0v) is 13.1. The van der Waals surface area contributed by atoms with Gasteiger partial charge in [0.2, 0.25) is 5.91 Å². The topological polar surface area (TPSA) is 66.4 Å². The van der Waals surface area contributed by atoms with Crippen LogP contribution in [0, 0.1) is 12.7 Å². The number of nitrogens with one attached hydrogen (secondary N) is 1. The zero-order valence-electron chi connectivity index (χ0n) is 12.3. The van der Waals surface area contributed by atoms with Gasteiger partial charge in [0.05, 0.1) is 12.0 Å². The minimum absolute atomic E-state index is 0.131. The second-order valence-corrected chi connectivity index (χ2v) is 6.04. The van der Waals surface area contributed by atoms with E-state index in [1.165, 1.54) is 23.5 Å². The molecule has 0 radical (unpaired) electrons. The lowest BCUT2D eigenvalue weighted by Gasteiger charge is -2.06. The number of hydrogen-bond donors (Lipinski definition) is 2. The molecule has 0 atom stereocenters. The Labute approximate surface area is 131 Å². The number of carboxylic acid groups (broad SMARTS) is 1. The molecule has 116 valence electrons. The average molecular weight is 321 g/mol. The number of amides is 1. The summed E-state index contributed by atoms with van der Waals surface area (Å²) in [6.45, 7) is 3.69. The fraction of sp³-hybridized carbons (Fsp3) is 0.250. The van der Waals surface area contributed by atoms with Crippen molar-refractivity contribution in [2.24, 2.45) is 0 Å². The quantitative estimate of drug-likeness (QED) is 0.883. The summed E-state index contributed by atoms with van der Waals surface area (Å²) in [5, 5.41) is 12.2. The largest absolute Gasteiger partial charge is 0.478 e. The molecule has 0 saturated heterocycles. The van der Waals surface area contributed by atoms with Crippen molar-refractivity contribution < 1.29 is 19.1 Å². The van der Waals surface area contributed by atoms with Gasteiger partial charge in [0.1, 0.15) is 10.8 Å². The number of carbonyl (C=O) groups is 2. The second kappa shape index (κ2) is 6.70. The number of halogens is 1. The third kappa shape index (κ3) is 3.33. The lowest BCUT2D eigenvalue weighted by molar-refractivity contribution is -0.115. The first-order chi connectivity index (χ1) is 10.4. The van der Waals surface area contributed by atoms with Crippen molar-refractivity contribution in [1.29, 1.82) is 0 Å². The van der Waals surface area contributed by atoms with E-state index >= 15 is 0 Å². The molecule has 2 rings (SSSR count). The van der Waals surface area contributed by atoms with Gasteiger partial charge in [0.25, 0.3) is 0 Å². The molecule has 0 spiro atoms. The van der Waals surface area contributed by atoms with E-state index in [2.05, 4.69) is 5.32 Å². The number of aromatic carboxylic acids is 1. The molecular weight excluding hydrogens is 305 g/mol. The predicted molar refractivity (Wildman–Crippen MR) is 84.1 cm³/mol. The summed E-state index contributed by atoms with van der Waals surface area (Å²) in [5.74, 6) is -1.95. The molecule has 1 aromatic carbocycles. The molecule has 4 nitrogen and oxygen atoms in total. The Balaban J connectivity index is 2.22.